The van der Waals surface area contributed by atoms with Gasteiger partial charge in [0.2, 0.25) is 0 Å². The van der Waals surface area contributed by atoms with Crippen LogP contribution < -0.4 is 0 Å². The Bertz CT molecular complexity index is 118. The summed E-state index contributed by atoms with van der Waals surface area (Å²) in [6, 6.07) is 0. The van der Waals surface area contributed by atoms with Crippen LogP contribution >= 0.6 is 0 Å². The van der Waals surface area contributed by atoms with Gasteiger partial charge in [-0.1, -0.05) is 6.92 Å². The maximum atomic E-state index is 11.4. The molecule has 0 aliphatic rings. The lowest BCUT2D eigenvalue weighted by Gasteiger charge is -1.88. The van der Waals surface area contributed by atoms with Gasteiger partial charge in [-0.2, -0.15) is 0 Å². The Kier molecular flexibility index (Phi) is 2.84. The second kappa shape index (κ2) is 3.18. The SMILES string of the molecule is CC/C(=C/F)C(=O)O. The molecule has 0 amide bonds. The summed E-state index contributed by atoms with van der Waals surface area (Å²) in [4.78, 5) is 9.85. The molecule has 0 spiro atoms. The van der Waals surface area contributed by atoms with Crippen LogP contribution in [0.4, 0.5) is 4.39 Å². The van der Waals surface area contributed by atoms with Gasteiger partial charge in [-0.15, -0.1) is 0 Å². The first-order valence-corrected chi connectivity index (χ1v) is 2.25. The van der Waals surface area contributed by atoms with Gasteiger partial charge in [-0.05, 0) is 6.42 Å². The quantitative estimate of drug-likeness (QED) is 0.555. The van der Waals surface area contributed by atoms with Crippen LogP contribution in [-0.2, 0) is 4.79 Å². The van der Waals surface area contributed by atoms with Crippen LogP contribution in [0.5, 0.6) is 0 Å². The van der Waals surface area contributed by atoms with Gasteiger partial charge in [0.1, 0.15) is 0 Å². The molecule has 0 rings (SSSR count). The molecule has 0 saturated carbocycles. The average Bonchev–Trinajstić information content (AvgIpc) is 1.69. The molecular weight excluding hydrogens is 111 g/mol. The minimum atomic E-state index is -1.19. The second-order valence-corrected chi connectivity index (χ2v) is 1.29. The number of rotatable bonds is 2. The molecule has 3 heteroatoms. The summed E-state index contributed by atoms with van der Waals surface area (Å²) in [7, 11) is 0. The maximum absolute atomic E-state index is 11.4. The Morgan fingerprint density at radius 3 is 2.38 bits per heavy atom. The summed E-state index contributed by atoms with van der Waals surface area (Å²) in [6.45, 7) is 1.58. The summed E-state index contributed by atoms with van der Waals surface area (Å²) >= 11 is 0. The maximum Gasteiger partial charge on any atom is 0.333 e. The topological polar surface area (TPSA) is 37.3 Å². The zero-order valence-electron chi connectivity index (χ0n) is 4.52. The lowest BCUT2D eigenvalue weighted by atomic mass is 10.2. The minimum Gasteiger partial charge on any atom is -0.478 e. The van der Waals surface area contributed by atoms with Crippen LogP contribution in [0.1, 0.15) is 13.3 Å². The molecule has 0 aromatic heterocycles. The third-order valence-corrected chi connectivity index (χ3v) is 0.787. The normalized spacial score (nSPS) is 11.5. The Hall–Kier alpha value is -0.860. The van der Waals surface area contributed by atoms with E-state index in [-0.39, 0.29) is 18.3 Å². The molecule has 0 bridgehead atoms. The van der Waals surface area contributed by atoms with Crippen molar-refractivity contribution in [1.82, 2.24) is 0 Å². The fourth-order valence-electron chi connectivity index (χ4n) is 0.275. The van der Waals surface area contributed by atoms with Crippen LogP contribution in [0.25, 0.3) is 0 Å². The van der Waals surface area contributed by atoms with Crippen molar-refractivity contribution in [1.29, 1.82) is 0 Å². The molecule has 0 unspecified atom stereocenters. The highest BCUT2D eigenvalue weighted by molar-refractivity contribution is 5.85. The third kappa shape index (κ3) is 1.73. The van der Waals surface area contributed by atoms with Crippen molar-refractivity contribution < 1.29 is 14.3 Å². The van der Waals surface area contributed by atoms with E-state index in [0.717, 1.165) is 0 Å². The van der Waals surface area contributed by atoms with E-state index in [0.29, 0.717) is 0 Å². The molecule has 1 N–H and O–H groups in total. The summed E-state index contributed by atoms with van der Waals surface area (Å²) in [6.07, 6.45) is 0.341. The van der Waals surface area contributed by atoms with E-state index in [1.54, 1.807) is 6.92 Å². The fourth-order valence-corrected chi connectivity index (χ4v) is 0.275. The minimum absolute atomic E-state index is 0.113. The number of hydrogen-bond donors (Lipinski definition) is 1. The van der Waals surface area contributed by atoms with Crippen molar-refractivity contribution in [3.63, 3.8) is 0 Å². The van der Waals surface area contributed by atoms with E-state index < -0.39 is 5.97 Å². The smallest absolute Gasteiger partial charge is 0.333 e. The predicted octanol–water partition coefficient (Wildman–Crippen LogP) is 1.33. The molecule has 46 valence electrons. The van der Waals surface area contributed by atoms with Gasteiger partial charge < -0.3 is 5.11 Å². The van der Waals surface area contributed by atoms with Gasteiger partial charge in [0, 0.05) is 0 Å². The lowest BCUT2D eigenvalue weighted by Crippen LogP contribution is -1.97. The number of hydrogen-bond acceptors (Lipinski definition) is 1. The van der Waals surface area contributed by atoms with Crippen LogP contribution in [0.15, 0.2) is 11.9 Å². The summed E-state index contributed by atoms with van der Waals surface area (Å²) < 4.78 is 11.4. The first-order valence-electron chi connectivity index (χ1n) is 2.25. The molecule has 0 aromatic rings. The van der Waals surface area contributed by atoms with E-state index >= 15 is 0 Å². The molecule has 8 heavy (non-hydrogen) atoms. The largest absolute Gasteiger partial charge is 0.478 e. The summed E-state index contributed by atoms with van der Waals surface area (Å²) in [5, 5.41) is 8.06. The first-order chi connectivity index (χ1) is 3.72. The van der Waals surface area contributed by atoms with E-state index in [1.807, 2.05) is 0 Å². The number of carboxylic acids is 1. The van der Waals surface area contributed by atoms with Crippen molar-refractivity contribution >= 4 is 5.97 Å². The fraction of sp³-hybridized carbons (Fsp3) is 0.400. The molecule has 0 aromatic carbocycles. The summed E-state index contributed by atoms with van der Waals surface area (Å²) in [5.74, 6) is -1.19. The van der Waals surface area contributed by atoms with Crippen molar-refractivity contribution in [2.45, 2.75) is 13.3 Å². The molecule has 0 radical (unpaired) electrons. The first kappa shape index (κ1) is 7.14. The van der Waals surface area contributed by atoms with E-state index in [1.165, 1.54) is 0 Å². The van der Waals surface area contributed by atoms with E-state index in [2.05, 4.69) is 0 Å². The Morgan fingerprint density at radius 2 is 2.38 bits per heavy atom. The molecule has 0 aliphatic heterocycles. The molecule has 0 atom stereocenters. The molecule has 0 aliphatic carbocycles. The van der Waals surface area contributed by atoms with Gasteiger partial charge in [-0.3, -0.25) is 0 Å². The number of carboxylic acid groups (broad SMARTS) is 1. The van der Waals surface area contributed by atoms with Crippen molar-refractivity contribution in [3.8, 4) is 0 Å². The van der Waals surface area contributed by atoms with Gasteiger partial charge in [-0.25, -0.2) is 9.18 Å². The highest BCUT2D eigenvalue weighted by atomic mass is 19.1. The van der Waals surface area contributed by atoms with Gasteiger partial charge in [0.25, 0.3) is 0 Å². The standard InChI is InChI=1S/C5H7FO2/c1-2-4(3-6)5(7)8/h3H,2H2,1H3,(H,7,8)/b4-3-. The number of halogens is 1. The lowest BCUT2D eigenvalue weighted by molar-refractivity contribution is -0.132. The van der Waals surface area contributed by atoms with Crippen molar-refractivity contribution in [2.24, 2.45) is 0 Å². The van der Waals surface area contributed by atoms with Crippen molar-refractivity contribution in [2.75, 3.05) is 0 Å². The van der Waals surface area contributed by atoms with Crippen LogP contribution in [-0.4, -0.2) is 11.1 Å². The number of carbonyl (C=O) groups is 1. The molecule has 0 saturated heterocycles. The zero-order chi connectivity index (χ0) is 6.57. The molecular formula is C5H7FO2. The average molecular weight is 118 g/mol. The second-order valence-electron chi connectivity index (χ2n) is 1.29. The van der Waals surface area contributed by atoms with Crippen LogP contribution in [0.2, 0.25) is 0 Å². The molecule has 0 fully saturated rings. The Balaban J connectivity index is 3.92. The Morgan fingerprint density at radius 1 is 1.88 bits per heavy atom. The highest BCUT2D eigenvalue weighted by Gasteiger charge is 2.01. The summed E-state index contributed by atoms with van der Waals surface area (Å²) in [5.41, 5.74) is -0.190. The molecule has 0 heterocycles. The van der Waals surface area contributed by atoms with E-state index in [4.69, 9.17) is 5.11 Å². The molecule has 2 nitrogen and oxygen atoms in total. The van der Waals surface area contributed by atoms with Gasteiger partial charge >= 0.3 is 5.97 Å². The van der Waals surface area contributed by atoms with Gasteiger partial charge in [0.05, 0.1) is 11.9 Å². The van der Waals surface area contributed by atoms with Crippen molar-refractivity contribution in [3.05, 3.63) is 11.9 Å². The van der Waals surface area contributed by atoms with E-state index in [9.17, 15) is 9.18 Å². The monoisotopic (exact) mass is 118 g/mol. The number of aliphatic carboxylic acids is 1. The zero-order valence-corrected chi connectivity index (χ0v) is 4.52. The van der Waals surface area contributed by atoms with Crippen LogP contribution in [0.3, 0.4) is 0 Å². The van der Waals surface area contributed by atoms with Gasteiger partial charge in [0.15, 0.2) is 0 Å². The predicted molar refractivity (Wildman–Crippen MR) is 27.1 cm³/mol. The Labute approximate surface area is 46.6 Å². The highest BCUT2D eigenvalue weighted by Crippen LogP contribution is 1.98. The van der Waals surface area contributed by atoms with Crippen LogP contribution in [0, 0.1) is 0 Å². The third-order valence-electron chi connectivity index (χ3n) is 0.787.